The van der Waals surface area contributed by atoms with Gasteiger partial charge in [-0.25, -0.2) is 4.98 Å². The van der Waals surface area contributed by atoms with Crippen molar-refractivity contribution in [3.63, 3.8) is 0 Å². The van der Waals surface area contributed by atoms with Gasteiger partial charge in [-0.2, -0.15) is 5.10 Å². The third kappa shape index (κ3) is 2.48. The van der Waals surface area contributed by atoms with E-state index < -0.39 is 0 Å². The molecule has 2 aromatic heterocycles. The van der Waals surface area contributed by atoms with Gasteiger partial charge in [-0.1, -0.05) is 54.6 Å². The first-order chi connectivity index (χ1) is 13.7. The highest BCUT2D eigenvalue weighted by atomic mass is 16.3. The van der Waals surface area contributed by atoms with Gasteiger partial charge < -0.3 is 9.67 Å². The number of aromatic hydroxyl groups is 1. The van der Waals surface area contributed by atoms with Crippen LogP contribution in [0.15, 0.2) is 78.9 Å². The van der Waals surface area contributed by atoms with E-state index in [1.807, 2.05) is 79.8 Å². The van der Waals surface area contributed by atoms with Gasteiger partial charge in [0.05, 0.1) is 22.3 Å². The van der Waals surface area contributed by atoms with Gasteiger partial charge in [-0.05, 0) is 24.3 Å². The normalized spacial score (nSPS) is 11.2. The van der Waals surface area contributed by atoms with E-state index in [0.717, 1.165) is 39.4 Å². The van der Waals surface area contributed by atoms with Crippen molar-refractivity contribution < 1.29 is 5.11 Å². The number of fused-ring (bicyclic) bond motifs is 1. The molecule has 0 aliphatic carbocycles. The summed E-state index contributed by atoms with van der Waals surface area (Å²) in [6.45, 7) is 0. The molecule has 5 heteroatoms. The molecule has 0 bridgehead atoms. The van der Waals surface area contributed by atoms with E-state index in [0.29, 0.717) is 5.56 Å². The lowest BCUT2D eigenvalue weighted by Gasteiger charge is -2.08. The average Bonchev–Trinajstić information content (AvgIpc) is 3.30. The number of hydrogen-bond donors (Lipinski definition) is 2. The Labute approximate surface area is 161 Å². The van der Waals surface area contributed by atoms with Crippen LogP contribution in [-0.4, -0.2) is 24.9 Å². The topological polar surface area (TPSA) is 66.7 Å². The minimum Gasteiger partial charge on any atom is -0.507 e. The van der Waals surface area contributed by atoms with Crippen molar-refractivity contribution >= 4 is 11.0 Å². The predicted molar refractivity (Wildman–Crippen MR) is 111 cm³/mol. The second-order valence-corrected chi connectivity index (χ2v) is 6.69. The first-order valence-corrected chi connectivity index (χ1v) is 9.08. The van der Waals surface area contributed by atoms with Gasteiger partial charge in [0, 0.05) is 18.2 Å². The van der Waals surface area contributed by atoms with Crippen LogP contribution in [0.3, 0.4) is 0 Å². The quantitative estimate of drug-likeness (QED) is 0.472. The van der Waals surface area contributed by atoms with Gasteiger partial charge in [0.2, 0.25) is 0 Å². The first kappa shape index (κ1) is 16.3. The van der Waals surface area contributed by atoms with Crippen LogP contribution in [-0.2, 0) is 7.05 Å². The van der Waals surface area contributed by atoms with E-state index in [4.69, 9.17) is 4.98 Å². The zero-order valence-corrected chi connectivity index (χ0v) is 15.3. The number of nitrogens with one attached hydrogen (secondary N) is 1. The highest BCUT2D eigenvalue weighted by Crippen LogP contribution is 2.41. The first-order valence-electron chi connectivity index (χ1n) is 9.08. The predicted octanol–water partition coefficient (Wildman–Crippen LogP) is 5.00. The van der Waals surface area contributed by atoms with Crippen molar-refractivity contribution in [2.24, 2.45) is 7.05 Å². The Morgan fingerprint density at radius 2 is 1.57 bits per heavy atom. The van der Waals surface area contributed by atoms with E-state index in [1.54, 1.807) is 6.07 Å². The fourth-order valence-electron chi connectivity index (χ4n) is 3.61. The number of benzene rings is 3. The zero-order valence-electron chi connectivity index (χ0n) is 15.3. The molecule has 0 aliphatic heterocycles. The molecular weight excluding hydrogens is 348 g/mol. The number of nitrogens with zero attached hydrogens (tertiary/aromatic N) is 3. The molecule has 0 amide bonds. The Kier molecular flexibility index (Phi) is 3.72. The van der Waals surface area contributed by atoms with Crippen LogP contribution in [0.4, 0.5) is 0 Å². The molecule has 0 radical (unpaired) electrons. The molecule has 0 fully saturated rings. The van der Waals surface area contributed by atoms with Gasteiger partial charge in [-0.3, -0.25) is 5.10 Å². The van der Waals surface area contributed by atoms with Crippen LogP contribution in [0.25, 0.3) is 44.9 Å². The molecule has 0 spiro atoms. The molecule has 0 aliphatic rings. The maximum Gasteiger partial charge on any atom is 0.145 e. The number of imidazole rings is 1. The lowest BCUT2D eigenvalue weighted by atomic mass is 10.0. The van der Waals surface area contributed by atoms with Crippen LogP contribution in [0.1, 0.15) is 0 Å². The van der Waals surface area contributed by atoms with Gasteiger partial charge in [0.1, 0.15) is 17.3 Å². The number of aromatic amines is 1. The summed E-state index contributed by atoms with van der Waals surface area (Å²) in [5.74, 6) is 0.998. The average molecular weight is 366 g/mol. The molecule has 0 unspecified atom stereocenters. The fraction of sp³-hybridized carbons (Fsp3) is 0.0435. The molecule has 0 saturated heterocycles. The van der Waals surface area contributed by atoms with Crippen LogP contribution >= 0.6 is 0 Å². The SMILES string of the molecule is Cn1c(-c2c(-c3ccccc3)n[nH]c2-c2ccccc2O)nc2ccccc21. The van der Waals surface area contributed by atoms with Crippen molar-refractivity contribution in [1.29, 1.82) is 0 Å². The van der Waals surface area contributed by atoms with E-state index >= 15 is 0 Å². The Morgan fingerprint density at radius 1 is 0.857 bits per heavy atom. The summed E-state index contributed by atoms with van der Waals surface area (Å²) in [4.78, 5) is 4.88. The summed E-state index contributed by atoms with van der Waals surface area (Å²) in [5.41, 5.74) is 6.06. The lowest BCUT2D eigenvalue weighted by molar-refractivity contribution is 0.477. The minimum absolute atomic E-state index is 0.200. The fourth-order valence-corrected chi connectivity index (χ4v) is 3.61. The monoisotopic (exact) mass is 366 g/mol. The number of phenols is 1. The molecule has 0 atom stereocenters. The van der Waals surface area contributed by atoms with E-state index in [9.17, 15) is 5.11 Å². The van der Waals surface area contributed by atoms with Gasteiger partial charge >= 0.3 is 0 Å². The molecule has 2 heterocycles. The third-order valence-electron chi connectivity index (χ3n) is 5.00. The molecular formula is C23H18N4O. The van der Waals surface area contributed by atoms with Crippen LogP contribution in [0.5, 0.6) is 5.75 Å². The molecule has 136 valence electrons. The Morgan fingerprint density at radius 3 is 2.36 bits per heavy atom. The second kappa shape index (κ2) is 6.39. The van der Waals surface area contributed by atoms with Crippen molar-refractivity contribution in [1.82, 2.24) is 19.7 Å². The van der Waals surface area contributed by atoms with Crippen LogP contribution < -0.4 is 0 Å². The Bertz CT molecular complexity index is 1280. The van der Waals surface area contributed by atoms with Crippen molar-refractivity contribution in [3.8, 4) is 39.7 Å². The zero-order chi connectivity index (χ0) is 19.1. The highest BCUT2D eigenvalue weighted by Gasteiger charge is 2.23. The summed E-state index contributed by atoms with van der Waals surface area (Å²) in [5, 5.41) is 18.2. The van der Waals surface area contributed by atoms with Gasteiger partial charge in [-0.15, -0.1) is 0 Å². The smallest absolute Gasteiger partial charge is 0.145 e. The lowest BCUT2D eigenvalue weighted by Crippen LogP contribution is -1.95. The molecule has 3 aromatic carbocycles. The molecule has 5 rings (SSSR count). The molecule has 5 nitrogen and oxygen atoms in total. The van der Waals surface area contributed by atoms with E-state index in [2.05, 4.69) is 14.8 Å². The number of aromatic nitrogens is 4. The number of H-pyrrole nitrogens is 1. The van der Waals surface area contributed by atoms with Crippen LogP contribution in [0, 0.1) is 0 Å². The number of hydrogen-bond acceptors (Lipinski definition) is 3. The van der Waals surface area contributed by atoms with Crippen LogP contribution in [0.2, 0.25) is 0 Å². The maximum atomic E-state index is 10.4. The van der Waals surface area contributed by atoms with Crippen molar-refractivity contribution in [3.05, 3.63) is 78.9 Å². The summed E-state index contributed by atoms with van der Waals surface area (Å²) in [6.07, 6.45) is 0. The number of rotatable bonds is 3. The van der Waals surface area contributed by atoms with Crippen molar-refractivity contribution in [2.45, 2.75) is 0 Å². The largest absolute Gasteiger partial charge is 0.507 e. The van der Waals surface area contributed by atoms with E-state index in [1.165, 1.54) is 0 Å². The molecule has 0 saturated carbocycles. The molecule has 5 aromatic rings. The summed E-state index contributed by atoms with van der Waals surface area (Å²) >= 11 is 0. The highest BCUT2D eigenvalue weighted by molar-refractivity contribution is 5.93. The number of aryl methyl sites for hydroxylation is 1. The van der Waals surface area contributed by atoms with Crippen molar-refractivity contribution in [2.75, 3.05) is 0 Å². The summed E-state index contributed by atoms with van der Waals surface area (Å²) in [6, 6.07) is 25.3. The maximum absolute atomic E-state index is 10.4. The third-order valence-corrected chi connectivity index (χ3v) is 5.00. The standard InChI is InChI=1S/C23H18N4O/c1-27-18-13-7-6-12-17(18)24-23(27)20-21(15-9-3-2-4-10-15)25-26-22(20)16-11-5-8-14-19(16)28/h2-14,28H,1H3,(H,25,26). The second-order valence-electron chi connectivity index (χ2n) is 6.69. The molecule has 28 heavy (non-hydrogen) atoms. The van der Waals surface area contributed by atoms with E-state index in [-0.39, 0.29) is 5.75 Å². The minimum atomic E-state index is 0.200. The summed E-state index contributed by atoms with van der Waals surface area (Å²) < 4.78 is 2.07. The number of para-hydroxylation sites is 3. The Hall–Kier alpha value is -3.86. The van der Waals surface area contributed by atoms with Gasteiger partial charge in [0.15, 0.2) is 0 Å². The number of phenolic OH excluding ortho intramolecular Hbond substituents is 1. The Balaban J connectivity index is 1.85. The van der Waals surface area contributed by atoms with Gasteiger partial charge in [0.25, 0.3) is 0 Å². The molecule has 2 N–H and O–H groups in total. The summed E-state index contributed by atoms with van der Waals surface area (Å²) in [7, 11) is 2.00.